The van der Waals surface area contributed by atoms with Crippen molar-refractivity contribution in [1.82, 2.24) is 5.32 Å². The van der Waals surface area contributed by atoms with E-state index in [9.17, 15) is 0 Å². The third kappa shape index (κ3) is 4.60. The molecule has 0 aromatic heterocycles. The fraction of sp³-hybridized carbons (Fsp3) is 0.667. The average molecular weight is 275 g/mol. The van der Waals surface area contributed by atoms with Crippen molar-refractivity contribution in [2.75, 3.05) is 6.54 Å². The fourth-order valence-electron chi connectivity index (χ4n) is 2.89. The van der Waals surface area contributed by atoms with Gasteiger partial charge in [-0.3, -0.25) is 0 Å². The van der Waals surface area contributed by atoms with Gasteiger partial charge in [0.2, 0.25) is 0 Å². The predicted molar refractivity (Wildman–Crippen MR) is 84.6 cm³/mol. The van der Waals surface area contributed by atoms with Gasteiger partial charge < -0.3 is 10.1 Å². The molecule has 112 valence electrons. The number of hydrogen-bond acceptors (Lipinski definition) is 2. The summed E-state index contributed by atoms with van der Waals surface area (Å²) in [5.74, 6) is 1.66. The van der Waals surface area contributed by atoms with Crippen LogP contribution in [0, 0.1) is 11.8 Å². The molecule has 3 unspecified atom stereocenters. The first-order valence-electron chi connectivity index (χ1n) is 8.09. The summed E-state index contributed by atoms with van der Waals surface area (Å²) in [7, 11) is 0. The van der Waals surface area contributed by atoms with Crippen LogP contribution in [-0.4, -0.2) is 12.6 Å². The molecule has 20 heavy (non-hydrogen) atoms. The minimum atomic E-state index is 0.461. The van der Waals surface area contributed by atoms with Crippen LogP contribution in [-0.2, 0) is 17.9 Å². The molecule has 0 radical (unpaired) electrons. The molecule has 1 fully saturated rings. The van der Waals surface area contributed by atoms with Crippen molar-refractivity contribution in [2.24, 2.45) is 11.8 Å². The highest BCUT2D eigenvalue weighted by atomic mass is 16.5. The Morgan fingerprint density at radius 2 is 1.75 bits per heavy atom. The summed E-state index contributed by atoms with van der Waals surface area (Å²) in [5, 5.41) is 3.35. The van der Waals surface area contributed by atoms with Crippen LogP contribution in [0.4, 0.5) is 0 Å². The molecule has 1 aliphatic rings. The number of nitrogens with one attached hydrogen (secondary N) is 1. The summed E-state index contributed by atoms with van der Waals surface area (Å²) in [4.78, 5) is 0. The summed E-state index contributed by atoms with van der Waals surface area (Å²) in [6, 6.07) is 8.79. The van der Waals surface area contributed by atoms with E-state index in [1.165, 1.54) is 30.4 Å². The van der Waals surface area contributed by atoms with Crippen LogP contribution in [0.3, 0.4) is 0 Å². The van der Waals surface area contributed by atoms with Crippen molar-refractivity contribution in [3.05, 3.63) is 35.4 Å². The van der Waals surface area contributed by atoms with Crippen molar-refractivity contribution >= 4 is 0 Å². The van der Waals surface area contributed by atoms with E-state index in [1.807, 2.05) is 0 Å². The Bertz CT molecular complexity index is 387. The van der Waals surface area contributed by atoms with E-state index in [0.717, 1.165) is 31.5 Å². The van der Waals surface area contributed by atoms with Crippen LogP contribution in [0.5, 0.6) is 0 Å². The molecule has 0 spiro atoms. The van der Waals surface area contributed by atoms with Crippen molar-refractivity contribution in [1.29, 1.82) is 0 Å². The second-order valence-corrected chi connectivity index (χ2v) is 6.30. The summed E-state index contributed by atoms with van der Waals surface area (Å²) in [5.41, 5.74) is 2.63. The Hall–Kier alpha value is -0.860. The van der Waals surface area contributed by atoms with Crippen LogP contribution in [0.1, 0.15) is 51.2 Å². The van der Waals surface area contributed by atoms with Crippen LogP contribution in [0.15, 0.2) is 24.3 Å². The molecule has 2 heteroatoms. The molecular weight excluding hydrogens is 246 g/mol. The SMILES string of the molecule is CCNCc1ccc(COC2CCC(C)C(C)C2)cc1. The summed E-state index contributed by atoms with van der Waals surface area (Å²) in [6.45, 7) is 9.58. The molecule has 1 N–H and O–H groups in total. The molecule has 0 heterocycles. The molecule has 1 aliphatic carbocycles. The van der Waals surface area contributed by atoms with Gasteiger partial charge in [0, 0.05) is 6.54 Å². The lowest BCUT2D eigenvalue weighted by molar-refractivity contribution is -0.00745. The molecule has 2 nitrogen and oxygen atoms in total. The van der Waals surface area contributed by atoms with Crippen molar-refractivity contribution in [3.63, 3.8) is 0 Å². The Morgan fingerprint density at radius 3 is 2.40 bits per heavy atom. The lowest BCUT2D eigenvalue weighted by Crippen LogP contribution is -2.26. The van der Waals surface area contributed by atoms with Gasteiger partial charge in [-0.2, -0.15) is 0 Å². The molecule has 2 rings (SSSR count). The quantitative estimate of drug-likeness (QED) is 0.842. The summed E-state index contributed by atoms with van der Waals surface area (Å²) in [6.07, 6.45) is 4.22. The highest BCUT2D eigenvalue weighted by Gasteiger charge is 2.24. The zero-order valence-electron chi connectivity index (χ0n) is 13.2. The number of rotatable bonds is 6. The van der Waals surface area contributed by atoms with Gasteiger partial charge in [0.15, 0.2) is 0 Å². The molecule has 0 saturated heterocycles. The Balaban J connectivity index is 1.76. The normalized spacial score (nSPS) is 26.6. The number of ether oxygens (including phenoxy) is 1. The van der Waals surface area contributed by atoms with Gasteiger partial charge >= 0.3 is 0 Å². The zero-order chi connectivity index (χ0) is 14.4. The van der Waals surface area contributed by atoms with Crippen molar-refractivity contribution in [3.8, 4) is 0 Å². The van der Waals surface area contributed by atoms with Crippen LogP contribution in [0.25, 0.3) is 0 Å². The van der Waals surface area contributed by atoms with E-state index < -0.39 is 0 Å². The molecule has 0 bridgehead atoms. The first-order chi connectivity index (χ1) is 9.69. The van der Waals surface area contributed by atoms with E-state index in [0.29, 0.717) is 6.10 Å². The second kappa shape index (κ2) is 7.80. The Labute approximate surface area is 123 Å². The third-order valence-electron chi connectivity index (χ3n) is 4.64. The summed E-state index contributed by atoms with van der Waals surface area (Å²) >= 11 is 0. The molecule has 1 saturated carbocycles. The van der Waals surface area contributed by atoms with Crippen LogP contribution < -0.4 is 5.32 Å². The van der Waals surface area contributed by atoms with Crippen LogP contribution in [0.2, 0.25) is 0 Å². The maximum absolute atomic E-state index is 6.09. The minimum Gasteiger partial charge on any atom is -0.374 e. The van der Waals surface area contributed by atoms with Crippen molar-refractivity contribution in [2.45, 2.75) is 59.3 Å². The van der Waals surface area contributed by atoms with E-state index in [4.69, 9.17) is 4.74 Å². The van der Waals surface area contributed by atoms with E-state index in [2.05, 4.69) is 50.4 Å². The van der Waals surface area contributed by atoms with Crippen LogP contribution >= 0.6 is 0 Å². The Morgan fingerprint density at radius 1 is 1.05 bits per heavy atom. The standard InChI is InChI=1S/C18H29NO/c1-4-19-12-16-6-8-17(9-7-16)13-20-18-10-5-14(2)15(3)11-18/h6-9,14-15,18-19H,4-5,10-13H2,1-3H3. The smallest absolute Gasteiger partial charge is 0.0720 e. The first kappa shape index (κ1) is 15.5. The highest BCUT2D eigenvalue weighted by Crippen LogP contribution is 2.31. The maximum Gasteiger partial charge on any atom is 0.0720 e. The van der Waals surface area contributed by atoms with Gasteiger partial charge in [-0.1, -0.05) is 45.0 Å². The van der Waals surface area contributed by atoms with Crippen molar-refractivity contribution < 1.29 is 4.74 Å². The largest absolute Gasteiger partial charge is 0.374 e. The maximum atomic E-state index is 6.09. The zero-order valence-corrected chi connectivity index (χ0v) is 13.2. The molecule has 0 aliphatic heterocycles. The number of benzene rings is 1. The lowest BCUT2D eigenvalue weighted by atomic mass is 9.80. The molecule has 0 amide bonds. The molecule has 3 atom stereocenters. The molecule has 1 aromatic rings. The minimum absolute atomic E-state index is 0.461. The summed E-state index contributed by atoms with van der Waals surface area (Å²) < 4.78 is 6.09. The van der Waals surface area contributed by atoms with Gasteiger partial charge in [0.1, 0.15) is 0 Å². The van der Waals surface area contributed by atoms with Gasteiger partial charge in [0.25, 0.3) is 0 Å². The average Bonchev–Trinajstić information content (AvgIpc) is 2.47. The molecular formula is C18H29NO. The number of hydrogen-bond donors (Lipinski definition) is 1. The Kier molecular flexibility index (Phi) is 6.06. The van der Waals surface area contributed by atoms with E-state index in [1.54, 1.807) is 0 Å². The monoisotopic (exact) mass is 275 g/mol. The van der Waals surface area contributed by atoms with Gasteiger partial charge in [-0.25, -0.2) is 0 Å². The van der Waals surface area contributed by atoms with Gasteiger partial charge in [-0.05, 0) is 48.8 Å². The first-order valence-corrected chi connectivity index (χ1v) is 8.09. The lowest BCUT2D eigenvalue weighted by Gasteiger charge is -2.32. The third-order valence-corrected chi connectivity index (χ3v) is 4.64. The fourth-order valence-corrected chi connectivity index (χ4v) is 2.89. The predicted octanol–water partition coefficient (Wildman–Crippen LogP) is 4.14. The van der Waals surface area contributed by atoms with Gasteiger partial charge in [-0.15, -0.1) is 0 Å². The second-order valence-electron chi connectivity index (χ2n) is 6.30. The highest BCUT2D eigenvalue weighted by molar-refractivity contribution is 5.21. The van der Waals surface area contributed by atoms with E-state index in [-0.39, 0.29) is 0 Å². The topological polar surface area (TPSA) is 21.3 Å². The molecule has 1 aromatic carbocycles. The van der Waals surface area contributed by atoms with Gasteiger partial charge in [0.05, 0.1) is 12.7 Å². The van der Waals surface area contributed by atoms with E-state index >= 15 is 0 Å².